The van der Waals surface area contributed by atoms with E-state index in [2.05, 4.69) is 6.07 Å². The number of nitrogens with zero attached hydrogens (tertiary/aromatic N) is 6. The molecule has 6 nitrogen and oxygen atoms in total. The summed E-state index contributed by atoms with van der Waals surface area (Å²) < 4.78 is 89.9. The number of fused-ring (bicyclic) bond motifs is 6. The van der Waals surface area contributed by atoms with Crippen LogP contribution in [0.5, 0.6) is 0 Å². The molecular weight excluding hydrogens is 919 g/mol. The Labute approximate surface area is 407 Å². The van der Waals surface area contributed by atoms with E-state index in [1.54, 1.807) is 36.4 Å². The maximum Gasteiger partial charge on any atom is 0.416 e. The lowest BCUT2D eigenvalue weighted by Crippen LogP contribution is -2.05. The summed E-state index contributed by atoms with van der Waals surface area (Å²) in [5.74, 6) is 1.13. The van der Waals surface area contributed by atoms with Crippen molar-refractivity contribution < 1.29 is 26.3 Å². The Hall–Kier alpha value is -9.34. The van der Waals surface area contributed by atoms with E-state index in [9.17, 15) is 31.6 Å². The molecule has 3 heterocycles. The average molecular weight is 953 g/mol. The Morgan fingerprint density at radius 2 is 0.847 bits per heavy atom. The molecule has 0 aliphatic carbocycles. The van der Waals surface area contributed by atoms with E-state index < -0.39 is 23.5 Å². The van der Waals surface area contributed by atoms with Crippen LogP contribution in [0.4, 0.5) is 26.3 Å². The molecule has 0 saturated heterocycles. The number of halogens is 6. The fraction of sp³-hybridized carbons (Fsp3) is 0.0333. The monoisotopic (exact) mass is 952 g/mol. The van der Waals surface area contributed by atoms with Crippen LogP contribution in [0.2, 0.25) is 0 Å². The van der Waals surface area contributed by atoms with Crippen molar-refractivity contribution >= 4 is 43.6 Å². The van der Waals surface area contributed by atoms with Gasteiger partial charge in [-0.15, -0.1) is 0 Å². The molecule has 346 valence electrons. The molecule has 0 fully saturated rings. The molecule has 0 N–H and O–H groups in total. The summed E-state index contributed by atoms with van der Waals surface area (Å²) >= 11 is 0. The van der Waals surface area contributed by atoms with Gasteiger partial charge in [0, 0.05) is 49.5 Å². The van der Waals surface area contributed by atoms with Crippen molar-refractivity contribution in [2.75, 3.05) is 0 Å². The van der Waals surface area contributed by atoms with Crippen LogP contribution in [0, 0.1) is 11.3 Å². The SMILES string of the molecule is N#Cc1ccc(-c2ccc(-n3c4ccccc4c4cc(C(F)(F)F)ccc43)c(-c3cc(-n4c5ccccc5c5cc(C(F)(F)F)ccc54)ccc3-c3nc(-c4ccccc4)nc(-c4ccccc4)n3)c2)cc1. The van der Waals surface area contributed by atoms with Gasteiger partial charge >= 0.3 is 12.4 Å². The van der Waals surface area contributed by atoms with Crippen molar-refractivity contribution in [2.24, 2.45) is 0 Å². The van der Waals surface area contributed by atoms with E-state index in [0.717, 1.165) is 34.4 Å². The summed E-state index contributed by atoms with van der Waals surface area (Å²) in [4.78, 5) is 15.3. The normalized spacial score (nSPS) is 12.0. The van der Waals surface area contributed by atoms with Gasteiger partial charge in [0.05, 0.1) is 50.5 Å². The first-order valence-corrected chi connectivity index (χ1v) is 22.8. The van der Waals surface area contributed by atoms with Crippen LogP contribution in [0.3, 0.4) is 0 Å². The van der Waals surface area contributed by atoms with Crippen LogP contribution in [-0.4, -0.2) is 24.1 Å². The number of rotatable bonds is 7. The molecule has 0 aliphatic heterocycles. The van der Waals surface area contributed by atoms with Crippen molar-refractivity contribution in [1.29, 1.82) is 5.26 Å². The molecule has 0 bridgehead atoms. The lowest BCUT2D eigenvalue weighted by atomic mass is 9.92. The summed E-state index contributed by atoms with van der Waals surface area (Å²) in [6.07, 6.45) is -9.17. The van der Waals surface area contributed by atoms with Crippen LogP contribution in [-0.2, 0) is 12.4 Å². The van der Waals surface area contributed by atoms with Crippen molar-refractivity contribution in [3.05, 3.63) is 223 Å². The van der Waals surface area contributed by atoms with Gasteiger partial charge in [0.15, 0.2) is 17.5 Å². The summed E-state index contributed by atoms with van der Waals surface area (Å²) in [5.41, 5.74) is 7.32. The van der Waals surface area contributed by atoms with Crippen LogP contribution in [0.25, 0.3) is 111 Å². The average Bonchev–Trinajstić information content (AvgIpc) is 3.93. The van der Waals surface area contributed by atoms with Crippen molar-refractivity contribution in [3.8, 4) is 73.9 Å². The highest BCUT2D eigenvalue weighted by molar-refractivity contribution is 6.11. The zero-order valence-electron chi connectivity index (χ0n) is 37.6. The van der Waals surface area contributed by atoms with Crippen molar-refractivity contribution in [1.82, 2.24) is 24.1 Å². The number of hydrogen-bond acceptors (Lipinski definition) is 4. The summed E-state index contributed by atoms with van der Waals surface area (Å²) in [5, 5.41) is 11.7. The Morgan fingerprint density at radius 3 is 1.40 bits per heavy atom. The third-order valence-electron chi connectivity index (χ3n) is 13.1. The highest BCUT2D eigenvalue weighted by Crippen LogP contribution is 2.45. The predicted molar refractivity (Wildman–Crippen MR) is 270 cm³/mol. The molecule has 12 rings (SSSR count). The van der Waals surface area contributed by atoms with Crippen LogP contribution in [0.1, 0.15) is 16.7 Å². The van der Waals surface area contributed by atoms with Gasteiger partial charge in [-0.05, 0) is 108 Å². The zero-order valence-corrected chi connectivity index (χ0v) is 37.6. The Morgan fingerprint density at radius 1 is 0.361 bits per heavy atom. The summed E-state index contributed by atoms with van der Waals surface area (Å²) in [6.45, 7) is 0. The van der Waals surface area contributed by atoms with E-state index in [-0.39, 0.29) is 0 Å². The predicted octanol–water partition coefficient (Wildman–Crippen LogP) is 16.3. The molecule has 0 unspecified atom stereocenters. The van der Waals surface area contributed by atoms with E-state index in [4.69, 9.17) is 15.0 Å². The zero-order chi connectivity index (χ0) is 49.3. The molecule has 0 aliphatic rings. The standard InChI is InChI=1S/C60H34F6N6/c61-59(62,63)41-24-29-53-49(32-41)44-15-7-9-17-51(44)71(53)43-26-27-46(58-69-56(38-11-3-1-4-12-38)68-57(70-58)39-13-5-2-6-14-39)47(34-43)48-31-40(37-21-19-36(35-67)20-22-37)23-28-54(48)72-52-18-10-8-16-45(52)50-33-42(60(64,65)66)25-30-55(50)72/h1-34H. The molecule has 72 heavy (non-hydrogen) atoms. The highest BCUT2D eigenvalue weighted by atomic mass is 19.4. The molecule has 3 aromatic heterocycles. The lowest BCUT2D eigenvalue weighted by Gasteiger charge is -2.20. The first kappa shape index (κ1) is 43.9. The second-order valence-corrected chi connectivity index (χ2v) is 17.4. The van der Waals surface area contributed by atoms with Gasteiger partial charge in [-0.2, -0.15) is 31.6 Å². The second kappa shape index (κ2) is 17.0. The van der Waals surface area contributed by atoms with Crippen LogP contribution < -0.4 is 0 Å². The maximum atomic E-state index is 14.4. The van der Waals surface area contributed by atoms with Gasteiger partial charge in [0.25, 0.3) is 0 Å². The number of nitriles is 1. The smallest absolute Gasteiger partial charge is 0.309 e. The topological polar surface area (TPSA) is 72.3 Å². The molecule has 9 aromatic carbocycles. The number of aromatic nitrogens is 5. The Balaban J connectivity index is 1.21. The van der Waals surface area contributed by atoms with Gasteiger partial charge in [-0.3, -0.25) is 0 Å². The number of para-hydroxylation sites is 2. The fourth-order valence-electron chi connectivity index (χ4n) is 9.72. The van der Waals surface area contributed by atoms with E-state index in [0.29, 0.717) is 94.7 Å². The molecule has 0 saturated carbocycles. The molecule has 12 aromatic rings. The number of benzene rings is 9. The summed E-state index contributed by atoms with van der Waals surface area (Å²) in [6, 6.07) is 62.1. The quantitative estimate of drug-likeness (QED) is 0.149. The number of alkyl halides is 6. The molecule has 0 spiro atoms. The van der Waals surface area contributed by atoms with Crippen LogP contribution >= 0.6 is 0 Å². The van der Waals surface area contributed by atoms with Crippen molar-refractivity contribution in [3.63, 3.8) is 0 Å². The fourth-order valence-corrected chi connectivity index (χ4v) is 9.72. The number of hydrogen-bond donors (Lipinski definition) is 0. The van der Waals surface area contributed by atoms with Gasteiger partial charge in [0.2, 0.25) is 0 Å². The van der Waals surface area contributed by atoms with Gasteiger partial charge in [0.1, 0.15) is 0 Å². The second-order valence-electron chi connectivity index (χ2n) is 17.4. The van der Waals surface area contributed by atoms with Crippen molar-refractivity contribution in [2.45, 2.75) is 12.4 Å². The van der Waals surface area contributed by atoms with E-state index >= 15 is 0 Å². The largest absolute Gasteiger partial charge is 0.416 e. The first-order chi connectivity index (χ1) is 34.9. The third kappa shape index (κ3) is 7.59. The minimum Gasteiger partial charge on any atom is -0.309 e. The first-order valence-electron chi connectivity index (χ1n) is 22.8. The molecule has 0 radical (unpaired) electrons. The van der Waals surface area contributed by atoms with E-state index in [1.165, 1.54) is 24.3 Å². The maximum absolute atomic E-state index is 14.4. The molecule has 0 atom stereocenters. The lowest BCUT2D eigenvalue weighted by molar-refractivity contribution is -0.138. The molecule has 12 heteroatoms. The minimum atomic E-state index is -4.59. The third-order valence-corrected chi connectivity index (χ3v) is 13.1. The summed E-state index contributed by atoms with van der Waals surface area (Å²) in [7, 11) is 0. The Bertz CT molecular complexity index is 4070. The van der Waals surface area contributed by atoms with Gasteiger partial charge < -0.3 is 9.13 Å². The van der Waals surface area contributed by atoms with Crippen LogP contribution in [0.15, 0.2) is 206 Å². The van der Waals surface area contributed by atoms with Gasteiger partial charge in [-0.25, -0.2) is 15.0 Å². The Kier molecular flexibility index (Phi) is 10.3. The van der Waals surface area contributed by atoms with E-state index in [1.807, 2.05) is 143 Å². The van der Waals surface area contributed by atoms with Gasteiger partial charge in [-0.1, -0.05) is 115 Å². The molecule has 0 amide bonds. The minimum absolute atomic E-state index is 0.313. The highest BCUT2D eigenvalue weighted by Gasteiger charge is 2.33. The molecular formula is C60H34F6N6.